The zero-order valence-corrected chi connectivity index (χ0v) is 15.3. The van der Waals surface area contributed by atoms with Gasteiger partial charge in [0.05, 0.1) is 12.6 Å². The number of esters is 2. The van der Waals surface area contributed by atoms with Gasteiger partial charge in [0.1, 0.15) is 12.7 Å². The van der Waals surface area contributed by atoms with Gasteiger partial charge in [-0.05, 0) is 18.9 Å². The van der Waals surface area contributed by atoms with Crippen molar-refractivity contribution in [2.75, 3.05) is 26.3 Å². The van der Waals surface area contributed by atoms with Gasteiger partial charge in [-0.25, -0.2) is 9.59 Å². The lowest BCUT2D eigenvalue weighted by Gasteiger charge is -2.40. The summed E-state index contributed by atoms with van der Waals surface area (Å²) >= 11 is 0. The van der Waals surface area contributed by atoms with Crippen LogP contribution in [0.1, 0.15) is 27.2 Å². The molecule has 0 radical (unpaired) electrons. The van der Waals surface area contributed by atoms with E-state index in [4.69, 9.17) is 9.47 Å². The van der Waals surface area contributed by atoms with Gasteiger partial charge in [-0.2, -0.15) is 0 Å². The van der Waals surface area contributed by atoms with Crippen molar-refractivity contribution in [3.63, 3.8) is 0 Å². The Bertz CT molecular complexity index is 631. The highest BCUT2D eigenvalue weighted by molar-refractivity contribution is 5.82. The van der Waals surface area contributed by atoms with Crippen LogP contribution >= 0.6 is 0 Å². The summed E-state index contributed by atoms with van der Waals surface area (Å²) in [4.78, 5) is 27.3. The molecule has 3 aliphatic heterocycles. The SMILES string of the molecule is C[C@@H]1[C@@H](C)[C@](O)(CO)C(=O)OCC2=CCN3CC[C@@H](OC(=O)[C@@]1(C)O)[C@@H]23. The summed E-state index contributed by atoms with van der Waals surface area (Å²) in [6.07, 6.45) is 2.15. The first-order chi connectivity index (χ1) is 12.1. The van der Waals surface area contributed by atoms with E-state index < -0.39 is 47.7 Å². The number of carbonyl (C=O) groups excluding carboxylic acids is 2. The Morgan fingerprint density at radius 3 is 2.58 bits per heavy atom. The molecule has 0 aromatic heterocycles. The average molecular weight is 369 g/mol. The zero-order chi connectivity index (χ0) is 19.3. The second kappa shape index (κ2) is 6.60. The molecule has 3 rings (SSSR count). The van der Waals surface area contributed by atoms with Gasteiger partial charge in [0.15, 0.2) is 11.2 Å². The number of ether oxygens (including phenoxy) is 2. The average Bonchev–Trinajstić information content (AvgIpc) is 3.19. The first-order valence-corrected chi connectivity index (χ1v) is 8.99. The lowest BCUT2D eigenvalue weighted by atomic mass is 9.73. The van der Waals surface area contributed by atoms with Crippen LogP contribution in [0, 0.1) is 11.8 Å². The van der Waals surface area contributed by atoms with E-state index in [1.807, 2.05) is 6.08 Å². The van der Waals surface area contributed by atoms with Gasteiger partial charge in [-0.15, -0.1) is 0 Å². The molecule has 3 N–H and O–H groups in total. The van der Waals surface area contributed by atoms with Gasteiger partial charge < -0.3 is 24.8 Å². The van der Waals surface area contributed by atoms with E-state index in [0.717, 1.165) is 12.1 Å². The first kappa shape index (κ1) is 19.3. The van der Waals surface area contributed by atoms with Crippen LogP contribution < -0.4 is 0 Å². The molecule has 26 heavy (non-hydrogen) atoms. The molecule has 0 aromatic carbocycles. The summed E-state index contributed by atoms with van der Waals surface area (Å²) in [5.41, 5.74) is -3.36. The Balaban J connectivity index is 1.98. The Morgan fingerprint density at radius 1 is 1.23 bits per heavy atom. The number of carbonyl (C=O) groups is 2. The fourth-order valence-corrected chi connectivity index (χ4v) is 4.14. The molecule has 3 aliphatic rings. The number of rotatable bonds is 1. The summed E-state index contributed by atoms with van der Waals surface area (Å²) in [6, 6.07) is -0.197. The van der Waals surface area contributed by atoms with Crippen molar-refractivity contribution in [2.24, 2.45) is 11.8 Å². The first-order valence-electron chi connectivity index (χ1n) is 8.99. The minimum absolute atomic E-state index is 0.0339. The predicted molar refractivity (Wildman–Crippen MR) is 89.9 cm³/mol. The minimum Gasteiger partial charge on any atom is -0.459 e. The van der Waals surface area contributed by atoms with E-state index in [1.54, 1.807) is 0 Å². The highest BCUT2D eigenvalue weighted by Crippen LogP contribution is 2.37. The van der Waals surface area contributed by atoms with Crippen molar-refractivity contribution in [1.29, 1.82) is 0 Å². The van der Waals surface area contributed by atoms with Crippen molar-refractivity contribution in [3.8, 4) is 0 Å². The Morgan fingerprint density at radius 2 is 1.92 bits per heavy atom. The highest BCUT2D eigenvalue weighted by Gasteiger charge is 2.54. The van der Waals surface area contributed by atoms with Crippen LogP contribution in [-0.2, 0) is 19.1 Å². The fraction of sp³-hybridized carbons (Fsp3) is 0.778. The van der Waals surface area contributed by atoms with E-state index >= 15 is 0 Å². The summed E-state index contributed by atoms with van der Waals surface area (Å²) in [6.45, 7) is 4.83. The van der Waals surface area contributed by atoms with Crippen molar-refractivity contribution < 1.29 is 34.4 Å². The van der Waals surface area contributed by atoms with E-state index in [2.05, 4.69) is 4.90 Å². The van der Waals surface area contributed by atoms with Gasteiger partial charge in [-0.1, -0.05) is 19.9 Å². The second-order valence-electron chi connectivity index (χ2n) is 7.83. The molecular weight excluding hydrogens is 342 g/mol. The van der Waals surface area contributed by atoms with Crippen LogP contribution in [-0.4, -0.2) is 81.8 Å². The van der Waals surface area contributed by atoms with Crippen LogP contribution in [0.25, 0.3) is 0 Å². The van der Waals surface area contributed by atoms with Gasteiger partial charge in [-0.3, -0.25) is 4.90 Å². The largest absolute Gasteiger partial charge is 0.459 e. The van der Waals surface area contributed by atoms with Crippen LogP contribution in [0.3, 0.4) is 0 Å². The maximum absolute atomic E-state index is 12.7. The molecule has 146 valence electrons. The lowest BCUT2D eigenvalue weighted by Crippen LogP contribution is -2.58. The topological polar surface area (TPSA) is 117 Å². The number of aliphatic hydroxyl groups excluding tert-OH is 1. The Labute approximate surface area is 152 Å². The van der Waals surface area contributed by atoms with Crippen molar-refractivity contribution >= 4 is 11.9 Å². The third-order valence-electron chi connectivity index (χ3n) is 6.44. The molecule has 0 bridgehead atoms. The zero-order valence-electron chi connectivity index (χ0n) is 15.3. The number of nitrogens with zero attached hydrogens (tertiary/aromatic N) is 1. The van der Waals surface area contributed by atoms with E-state index in [-0.39, 0.29) is 12.6 Å². The van der Waals surface area contributed by atoms with Crippen LogP contribution in [0.5, 0.6) is 0 Å². The standard InChI is InChI=1S/C18H27NO7/c1-10-11(2)18(24,9-20)16(22)25-8-12-4-6-19-7-5-13(14(12)19)26-15(21)17(10,3)23/h4,10-11,13-14,20,23-24H,5-9H2,1-3H3/t10-,11-,13-,14-,17+,18-/m1/s1. The van der Waals surface area contributed by atoms with E-state index in [1.165, 1.54) is 20.8 Å². The Hall–Kier alpha value is -1.48. The smallest absolute Gasteiger partial charge is 0.341 e. The summed E-state index contributed by atoms with van der Waals surface area (Å²) < 4.78 is 10.9. The minimum atomic E-state index is -2.23. The molecule has 0 unspecified atom stereocenters. The number of cyclic esters (lactones) is 1. The van der Waals surface area contributed by atoms with Gasteiger partial charge in [0.2, 0.25) is 0 Å². The van der Waals surface area contributed by atoms with E-state index in [0.29, 0.717) is 13.0 Å². The quantitative estimate of drug-likeness (QED) is 0.407. The predicted octanol–water partition coefficient (Wildman–Crippen LogP) is -0.784. The number of hydrogen-bond donors (Lipinski definition) is 3. The second-order valence-corrected chi connectivity index (χ2v) is 7.83. The molecule has 2 fully saturated rings. The molecule has 0 aromatic rings. The molecule has 0 aliphatic carbocycles. The molecule has 8 heteroatoms. The molecule has 8 nitrogen and oxygen atoms in total. The van der Waals surface area contributed by atoms with E-state index in [9.17, 15) is 24.9 Å². The molecule has 3 heterocycles. The molecular formula is C18H27NO7. The van der Waals surface area contributed by atoms with Crippen LogP contribution in [0.4, 0.5) is 0 Å². The molecule has 0 saturated carbocycles. The van der Waals surface area contributed by atoms with Crippen LogP contribution in [0.2, 0.25) is 0 Å². The maximum atomic E-state index is 12.7. The van der Waals surface area contributed by atoms with Crippen LogP contribution in [0.15, 0.2) is 11.6 Å². The number of aliphatic hydroxyl groups is 3. The summed E-state index contributed by atoms with van der Waals surface area (Å²) in [7, 11) is 0. The third-order valence-corrected chi connectivity index (χ3v) is 6.44. The summed E-state index contributed by atoms with van der Waals surface area (Å²) in [5, 5.41) is 31.2. The normalized spacial score (nSPS) is 44.5. The van der Waals surface area contributed by atoms with Gasteiger partial charge in [0, 0.05) is 24.9 Å². The number of hydrogen-bond acceptors (Lipinski definition) is 8. The lowest BCUT2D eigenvalue weighted by molar-refractivity contribution is -0.195. The third kappa shape index (κ3) is 2.85. The summed E-state index contributed by atoms with van der Waals surface area (Å²) in [5.74, 6) is -3.56. The van der Waals surface area contributed by atoms with Crippen molar-refractivity contribution in [1.82, 2.24) is 4.90 Å². The monoisotopic (exact) mass is 369 g/mol. The van der Waals surface area contributed by atoms with Gasteiger partial charge >= 0.3 is 11.9 Å². The van der Waals surface area contributed by atoms with Crippen molar-refractivity contribution in [3.05, 3.63) is 11.6 Å². The molecule has 0 spiro atoms. The maximum Gasteiger partial charge on any atom is 0.341 e. The highest BCUT2D eigenvalue weighted by atomic mass is 16.6. The molecule has 0 amide bonds. The Kier molecular flexibility index (Phi) is 4.89. The molecule has 2 saturated heterocycles. The van der Waals surface area contributed by atoms with Gasteiger partial charge in [0.25, 0.3) is 0 Å². The van der Waals surface area contributed by atoms with Crippen molar-refractivity contribution in [2.45, 2.75) is 50.5 Å². The fourth-order valence-electron chi connectivity index (χ4n) is 4.14. The molecule has 6 atom stereocenters.